The van der Waals surface area contributed by atoms with Crippen LogP contribution in [0.5, 0.6) is 0 Å². The summed E-state index contributed by atoms with van der Waals surface area (Å²) >= 11 is 0. The summed E-state index contributed by atoms with van der Waals surface area (Å²) in [5.41, 5.74) is 0.771. The van der Waals surface area contributed by atoms with Crippen LogP contribution in [0.4, 0.5) is 36.6 Å². The van der Waals surface area contributed by atoms with Gasteiger partial charge in [-0.1, -0.05) is 0 Å². The van der Waals surface area contributed by atoms with Crippen LogP contribution in [0.25, 0.3) is 10.9 Å². The Labute approximate surface area is 188 Å². The molecule has 0 radical (unpaired) electrons. The van der Waals surface area contributed by atoms with Gasteiger partial charge in [-0.2, -0.15) is 10.1 Å². The minimum Gasteiger partial charge on any atom is -0.390 e. The number of anilines is 4. The maximum absolute atomic E-state index is 13.9. The summed E-state index contributed by atoms with van der Waals surface area (Å²) in [5.74, 6) is -0.842. The smallest absolute Gasteiger partial charge is 0.282 e. The van der Waals surface area contributed by atoms with Gasteiger partial charge in [-0.25, -0.2) is 23.1 Å². The molecule has 0 saturated carbocycles. The van der Waals surface area contributed by atoms with E-state index >= 15 is 0 Å². The third-order valence-electron chi connectivity index (χ3n) is 5.89. The van der Waals surface area contributed by atoms with Crippen LogP contribution >= 0.6 is 0 Å². The zero-order valence-corrected chi connectivity index (χ0v) is 18.3. The summed E-state index contributed by atoms with van der Waals surface area (Å²) in [6.45, 7) is 3.72. The van der Waals surface area contributed by atoms with Gasteiger partial charge in [-0.3, -0.25) is 4.68 Å². The Kier molecular flexibility index (Phi) is 5.26. The Morgan fingerprint density at radius 3 is 2.67 bits per heavy atom. The lowest BCUT2D eigenvalue weighted by Crippen LogP contribution is -2.56. The van der Waals surface area contributed by atoms with Crippen molar-refractivity contribution in [3.8, 4) is 0 Å². The minimum atomic E-state index is -2.69. The normalized spacial score (nSPS) is 22.6. The maximum Gasteiger partial charge on any atom is 0.282 e. The molecule has 176 valence electrons. The fraction of sp³-hybridized carbons (Fsp3) is 0.524. The molecule has 5 heterocycles. The average Bonchev–Trinajstić information content (AvgIpc) is 3.13. The molecule has 2 aliphatic heterocycles. The first-order valence-electron chi connectivity index (χ1n) is 10.9. The van der Waals surface area contributed by atoms with Crippen LogP contribution in [0.2, 0.25) is 0 Å². The number of rotatable bonds is 5. The van der Waals surface area contributed by atoms with Crippen LogP contribution in [0.15, 0.2) is 24.5 Å². The van der Waals surface area contributed by atoms with Crippen LogP contribution in [0.3, 0.4) is 0 Å². The number of nitrogens with zero attached hydrogens (tertiary/aromatic N) is 7. The van der Waals surface area contributed by atoms with Crippen molar-refractivity contribution in [1.29, 1.82) is 0 Å². The first-order valence-corrected chi connectivity index (χ1v) is 10.9. The van der Waals surface area contributed by atoms with Crippen molar-refractivity contribution in [3.05, 3.63) is 24.5 Å². The second-order valence-electron chi connectivity index (χ2n) is 8.85. The van der Waals surface area contributed by atoms with Crippen molar-refractivity contribution in [2.24, 2.45) is 0 Å². The van der Waals surface area contributed by atoms with Crippen LogP contribution in [0.1, 0.15) is 26.3 Å². The molecule has 2 aliphatic rings. The first-order chi connectivity index (χ1) is 15.7. The Balaban J connectivity index is 1.40. The van der Waals surface area contributed by atoms with Crippen LogP contribution in [-0.2, 0) is 0 Å². The number of piperidine rings is 1. The lowest BCUT2D eigenvalue weighted by molar-refractivity contribution is -0.0266. The fourth-order valence-electron chi connectivity index (χ4n) is 4.15. The van der Waals surface area contributed by atoms with Gasteiger partial charge in [-0.05, 0) is 26.3 Å². The number of alkyl halides is 3. The molecule has 9 nitrogen and oxygen atoms in total. The van der Waals surface area contributed by atoms with Gasteiger partial charge in [-0.15, -0.1) is 0 Å². The fourth-order valence-corrected chi connectivity index (χ4v) is 4.15. The topological polar surface area (TPSA) is 95.2 Å². The maximum atomic E-state index is 13.9. The minimum absolute atomic E-state index is 0.0204. The van der Waals surface area contributed by atoms with Crippen LogP contribution < -0.4 is 15.1 Å². The lowest BCUT2D eigenvalue weighted by atomic mass is 10.1. The van der Waals surface area contributed by atoms with E-state index in [1.807, 2.05) is 13.8 Å². The second-order valence-corrected chi connectivity index (χ2v) is 8.85. The zero-order valence-electron chi connectivity index (χ0n) is 18.3. The van der Waals surface area contributed by atoms with Crippen molar-refractivity contribution in [1.82, 2.24) is 24.7 Å². The number of aromatic nitrogens is 5. The molecule has 2 saturated heterocycles. The van der Waals surface area contributed by atoms with Gasteiger partial charge in [0, 0.05) is 31.0 Å². The number of halogens is 3. The van der Waals surface area contributed by atoms with E-state index in [9.17, 15) is 18.3 Å². The van der Waals surface area contributed by atoms with E-state index in [4.69, 9.17) is 0 Å². The molecule has 3 aromatic heterocycles. The largest absolute Gasteiger partial charge is 0.390 e. The van der Waals surface area contributed by atoms with Crippen LogP contribution in [-0.4, -0.2) is 74.2 Å². The van der Waals surface area contributed by atoms with Crippen molar-refractivity contribution >= 4 is 34.3 Å². The third-order valence-corrected chi connectivity index (χ3v) is 5.89. The summed E-state index contributed by atoms with van der Waals surface area (Å²) < 4.78 is 42.5. The van der Waals surface area contributed by atoms with Gasteiger partial charge in [0.05, 0.1) is 36.6 Å². The molecule has 0 aliphatic carbocycles. The number of hydrogen-bond donors (Lipinski definition) is 2. The number of aliphatic hydroxyl groups excluding tert-OH is 1. The molecular formula is C21H25F3N8O. The van der Waals surface area contributed by atoms with Gasteiger partial charge in [0.1, 0.15) is 17.8 Å². The Morgan fingerprint density at radius 1 is 1.18 bits per heavy atom. The Morgan fingerprint density at radius 2 is 1.97 bits per heavy atom. The molecule has 33 heavy (non-hydrogen) atoms. The predicted octanol–water partition coefficient (Wildman–Crippen LogP) is 2.91. The lowest BCUT2D eigenvalue weighted by Gasteiger charge is -2.39. The number of fused-ring (bicyclic) bond motifs is 1. The number of pyridine rings is 1. The number of aliphatic hydroxyl groups is 1. The molecule has 5 rings (SSSR count). The summed E-state index contributed by atoms with van der Waals surface area (Å²) in [6, 6.07) is 3.50. The molecule has 3 aromatic rings. The molecule has 2 N–H and O–H groups in total. The summed E-state index contributed by atoms with van der Waals surface area (Å²) in [5, 5.41) is 18.0. The van der Waals surface area contributed by atoms with Crippen molar-refractivity contribution in [2.45, 2.75) is 44.5 Å². The predicted molar refractivity (Wildman–Crippen MR) is 118 cm³/mol. The first kappa shape index (κ1) is 21.7. The summed E-state index contributed by atoms with van der Waals surface area (Å²) in [6.07, 6.45) is 1.20. The second kappa shape index (κ2) is 8.01. The van der Waals surface area contributed by atoms with E-state index in [1.54, 1.807) is 39.0 Å². The van der Waals surface area contributed by atoms with E-state index in [2.05, 4.69) is 25.4 Å². The summed E-state index contributed by atoms with van der Waals surface area (Å²) in [7, 11) is 0. The Hall–Kier alpha value is -3.15. The van der Waals surface area contributed by atoms with E-state index in [0.29, 0.717) is 41.8 Å². The molecule has 0 aromatic carbocycles. The van der Waals surface area contributed by atoms with E-state index < -0.39 is 18.2 Å². The molecular weight excluding hydrogens is 437 g/mol. The third kappa shape index (κ3) is 4.14. The van der Waals surface area contributed by atoms with Crippen molar-refractivity contribution in [2.75, 3.05) is 41.3 Å². The number of nitrogens with one attached hydrogen (secondary N) is 1. The van der Waals surface area contributed by atoms with Gasteiger partial charge >= 0.3 is 0 Å². The van der Waals surface area contributed by atoms with Crippen molar-refractivity contribution < 1.29 is 18.3 Å². The highest BCUT2D eigenvalue weighted by Crippen LogP contribution is 2.36. The highest BCUT2D eigenvalue weighted by Gasteiger charge is 2.45. The molecule has 2 fully saturated rings. The molecule has 0 spiro atoms. The molecule has 0 amide bonds. The van der Waals surface area contributed by atoms with E-state index in [0.717, 1.165) is 5.52 Å². The Bertz CT molecular complexity index is 1160. The molecule has 2 atom stereocenters. The van der Waals surface area contributed by atoms with Gasteiger partial charge in [0.2, 0.25) is 5.95 Å². The molecule has 2 unspecified atom stereocenters. The van der Waals surface area contributed by atoms with Gasteiger partial charge in [0.15, 0.2) is 5.82 Å². The standard InChI is InChI=1S/C21H25F3N8O/c1-12(2)32-15-7-18(26-8-13(15)19(29-32)31-10-21(23,24)11-31)27-17-3-5-25-20(28-17)30-6-4-16(33)14(22)9-30/h3,5,7-8,12,14,16,33H,4,6,9-11H2,1-2H3,(H,25,26,27,28). The quantitative estimate of drug-likeness (QED) is 0.598. The highest BCUT2D eigenvalue weighted by atomic mass is 19.3. The highest BCUT2D eigenvalue weighted by molar-refractivity contribution is 5.92. The monoisotopic (exact) mass is 462 g/mol. The van der Waals surface area contributed by atoms with Gasteiger partial charge in [0.25, 0.3) is 5.92 Å². The van der Waals surface area contributed by atoms with E-state index in [-0.39, 0.29) is 25.7 Å². The average molecular weight is 462 g/mol. The van der Waals surface area contributed by atoms with Crippen molar-refractivity contribution in [3.63, 3.8) is 0 Å². The SMILES string of the molecule is CC(C)n1nc(N2CC(F)(F)C2)c2cnc(Nc3ccnc(N4CCC(O)C(F)C4)n3)cc21. The van der Waals surface area contributed by atoms with E-state index in [1.165, 1.54) is 0 Å². The molecule has 0 bridgehead atoms. The van der Waals surface area contributed by atoms with Crippen LogP contribution in [0, 0.1) is 0 Å². The summed E-state index contributed by atoms with van der Waals surface area (Å²) in [4.78, 5) is 16.4. The van der Waals surface area contributed by atoms with Gasteiger partial charge < -0.3 is 20.2 Å². The zero-order chi connectivity index (χ0) is 23.3. The number of hydrogen-bond acceptors (Lipinski definition) is 8. The molecule has 12 heteroatoms.